The molecule has 0 saturated heterocycles. The Kier molecular flexibility index (Phi) is 4.27. The van der Waals surface area contributed by atoms with E-state index in [9.17, 15) is 8.42 Å². The Bertz CT molecular complexity index is 720. The lowest BCUT2D eigenvalue weighted by molar-refractivity contribution is 0.575. The highest BCUT2D eigenvalue weighted by atomic mass is 32.2. The van der Waals surface area contributed by atoms with E-state index in [1.165, 1.54) is 11.3 Å². The quantitative estimate of drug-likeness (QED) is 0.835. The van der Waals surface area contributed by atoms with E-state index in [4.69, 9.17) is 0 Å². The molecule has 6 heteroatoms. The first-order valence-electron chi connectivity index (χ1n) is 5.98. The second-order valence-corrected chi connectivity index (χ2v) is 7.05. The number of hydrazine groups is 1. The number of nitrogens with one attached hydrogen (secondary N) is 2. The smallest absolute Gasteiger partial charge is 0.257 e. The van der Waals surface area contributed by atoms with E-state index in [0.717, 1.165) is 10.4 Å². The van der Waals surface area contributed by atoms with Gasteiger partial charge in [-0.25, -0.2) is 8.42 Å². The minimum absolute atomic E-state index is 0.268. The molecule has 0 unspecified atom stereocenters. The molecule has 0 bridgehead atoms. The van der Waals surface area contributed by atoms with E-state index < -0.39 is 10.0 Å². The molecular formula is C14H16N2O2S2. The maximum Gasteiger partial charge on any atom is 0.257 e. The molecule has 4 nitrogen and oxygen atoms in total. The van der Waals surface area contributed by atoms with Gasteiger partial charge in [0.15, 0.2) is 0 Å². The van der Waals surface area contributed by atoms with Crippen molar-refractivity contribution >= 4 is 27.1 Å². The van der Waals surface area contributed by atoms with Crippen molar-refractivity contribution in [2.75, 3.05) is 0 Å². The lowest BCUT2D eigenvalue weighted by Crippen LogP contribution is -2.36. The second kappa shape index (κ2) is 5.78. The summed E-state index contributed by atoms with van der Waals surface area (Å²) in [6, 6.07) is 9.07. The Morgan fingerprint density at radius 3 is 2.65 bits per heavy atom. The summed E-state index contributed by atoms with van der Waals surface area (Å²) in [6.07, 6.45) is 0. The van der Waals surface area contributed by atoms with Gasteiger partial charge in [-0.2, -0.15) is 0 Å². The normalized spacial score (nSPS) is 11.3. The molecule has 106 valence electrons. The van der Waals surface area contributed by atoms with Crippen molar-refractivity contribution in [3.05, 3.63) is 58.3 Å². The van der Waals surface area contributed by atoms with E-state index in [-0.39, 0.29) is 4.90 Å². The first kappa shape index (κ1) is 14.8. The van der Waals surface area contributed by atoms with E-state index in [2.05, 4.69) is 16.8 Å². The summed E-state index contributed by atoms with van der Waals surface area (Å²) < 4.78 is 24.5. The first-order chi connectivity index (χ1) is 9.40. The lowest BCUT2D eigenvalue weighted by atomic mass is 10.2. The SMILES string of the molecule is C=C(NNS(=O)(=O)c1cc(C)ccc1C)c1cccs1. The third kappa shape index (κ3) is 3.27. The highest BCUT2D eigenvalue weighted by molar-refractivity contribution is 7.89. The van der Waals surface area contributed by atoms with Crippen LogP contribution in [0.3, 0.4) is 0 Å². The van der Waals surface area contributed by atoms with Gasteiger partial charge in [-0.05, 0) is 42.5 Å². The van der Waals surface area contributed by atoms with Crippen molar-refractivity contribution in [1.29, 1.82) is 0 Å². The largest absolute Gasteiger partial charge is 0.307 e. The van der Waals surface area contributed by atoms with Crippen molar-refractivity contribution in [2.45, 2.75) is 18.7 Å². The van der Waals surface area contributed by atoms with Gasteiger partial charge in [0.2, 0.25) is 0 Å². The Hall–Kier alpha value is -1.63. The molecule has 2 N–H and O–H groups in total. The molecule has 0 saturated carbocycles. The zero-order chi connectivity index (χ0) is 14.8. The molecule has 2 rings (SSSR count). The van der Waals surface area contributed by atoms with E-state index in [1.807, 2.05) is 30.5 Å². The third-order valence-electron chi connectivity index (χ3n) is 2.79. The van der Waals surface area contributed by atoms with Gasteiger partial charge >= 0.3 is 0 Å². The van der Waals surface area contributed by atoms with E-state index >= 15 is 0 Å². The molecule has 20 heavy (non-hydrogen) atoms. The summed E-state index contributed by atoms with van der Waals surface area (Å²) in [4.78, 5) is 3.51. The van der Waals surface area contributed by atoms with Crippen molar-refractivity contribution in [2.24, 2.45) is 0 Å². The summed E-state index contributed by atoms with van der Waals surface area (Å²) >= 11 is 1.49. The van der Waals surface area contributed by atoms with Crippen LogP contribution in [0, 0.1) is 13.8 Å². The number of rotatable bonds is 5. The van der Waals surface area contributed by atoms with Crippen molar-refractivity contribution in [3.8, 4) is 0 Å². The van der Waals surface area contributed by atoms with Gasteiger partial charge in [0.25, 0.3) is 10.0 Å². The molecule has 1 heterocycles. The van der Waals surface area contributed by atoms with Gasteiger partial charge in [-0.1, -0.05) is 24.8 Å². The molecule has 2 aromatic rings. The summed E-state index contributed by atoms with van der Waals surface area (Å²) in [6.45, 7) is 7.43. The summed E-state index contributed by atoms with van der Waals surface area (Å²) in [5.74, 6) is 0. The minimum Gasteiger partial charge on any atom is -0.307 e. The minimum atomic E-state index is -3.62. The van der Waals surface area contributed by atoms with Crippen LogP contribution in [0.25, 0.3) is 5.70 Å². The van der Waals surface area contributed by atoms with Crippen LogP contribution in [-0.2, 0) is 10.0 Å². The van der Waals surface area contributed by atoms with Crippen LogP contribution in [0.5, 0.6) is 0 Å². The zero-order valence-corrected chi connectivity index (χ0v) is 12.9. The van der Waals surface area contributed by atoms with Gasteiger partial charge < -0.3 is 5.43 Å². The van der Waals surface area contributed by atoms with Crippen LogP contribution < -0.4 is 10.3 Å². The molecule has 0 spiro atoms. The summed E-state index contributed by atoms with van der Waals surface area (Å²) in [5.41, 5.74) is 4.77. The Morgan fingerprint density at radius 1 is 1.25 bits per heavy atom. The van der Waals surface area contributed by atoms with Crippen LogP contribution in [0.15, 0.2) is 47.2 Å². The molecule has 0 aliphatic carbocycles. The molecule has 1 aromatic carbocycles. The molecule has 0 atom stereocenters. The van der Waals surface area contributed by atoms with Gasteiger partial charge in [-0.15, -0.1) is 16.2 Å². The Balaban J connectivity index is 2.16. The molecule has 1 aromatic heterocycles. The summed E-state index contributed by atoms with van der Waals surface area (Å²) in [7, 11) is -3.62. The van der Waals surface area contributed by atoms with Crippen molar-refractivity contribution in [1.82, 2.24) is 10.3 Å². The van der Waals surface area contributed by atoms with Gasteiger partial charge in [0, 0.05) is 0 Å². The molecule has 0 radical (unpaired) electrons. The lowest BCUT2D eigenvalue weighted by Gasteiger charge is -2.12. The summed E-state index contributed by atoms with van der Waals surface area (Å²) in [5, 5.41) is 1.90. The standard InChI is InChI=1S/C14H16N2O2S2/c1-10-6-7-11(2)14(9-10)20(17,18)16-15-12(3)13-5-4-8-19-13/h4-9,15-16H,3H2,1-2H3. The average Bonchev–Trinajstić information content (AvgIpc) is 2.93. The highest BCUT2D eigenvalue weighted by Gasteiger charge is 2.17. The monoisotopic (exact) mass is 308 g/mol. The van der Waals surface area contributed by atoms with Crippen LogP contribution >= 0.6 is 11.3 Å². The maximum atomic E-state index is 12.3. The molecule has 0 amide bonds. The Labute approximate surface area is 123 Å². The topological polar surface area (TPSA) is 58.2 Å². The number of aryl methyl sites for hydroxylation is 2. The fraction of sp³-hybridized carbons (Fsp3) is 0.143. The average molecular weight is 308 g/mol. The number of benzene rings is 1. The Morgan fingerprint density at radius 2 is 2.00 bits per heavy atom. The van der Waals surface area contributed by atoms with Crippen LogP contribution in [0.4, 0.5) is 0 Å². The fourth-order valence-electron chi connectivity index (χ4n) is 1.69. The first-order valence-corrected chi connectivity index (χ1v) is 8.34. The van der Waals surface area contributed by atoms with Gasteiger partial charge in [-0.3, -0.25) is 0 Å². The zero-order valence-electron chi connectivity index (χ0n) is 11.3. The number of thiophene rings is 1. The van der Waals surface area contributed by atoms with Crippen LogP contribution in [-0.4, -0.2) is 8.42 Å². The second-order valence-electron chi connectivity index (χ2n) is 4.46. The van der Waals surface area contributed by atoms with Crippen LogP contribution in [0.2, 0.25) is 0 Å². The predicted molar refractivity (Wildman–Crippen MR) is 82.7 cm³/mol. The predicted octanol–water partition coefficient (Wildman–Crippen LogP) is 2.82. The maximum absolute atomic E-state index is 12.3. The fourth-order valence-corrected chi connectivity index (χ4v) is 3.55. The molecule has 0 aliphatic rings. The molecule has 0 fully saturated rings. The third-order valence-corrected chi connectivity index (χ3v) is 5.11. The number of sulfonamides is 1. The highest BCUT2D eigenvalue weighted by Crippen LogP contribution is 2.18. The number of hydrogen-bond donors (Lipinski definition) is 2. The van der Waals surface area contributed by atoms with Gasteiger partial charge in [0.1, 0.15) is 0 Å². The number of hydrogen-bond acceptors (Lipinski definition) is 4. The van der Waals surface area contributed by atoms with E-state index in [0.29, 0.717) is 11.3 Å². The van der Waals surface area contributed by atoms with Gasteiger partial charge in [0.05, 0.1) is 15.5 Å². The van der Waals surface area contributed by atoms with Crippen molar-refractivity contribution < 1.29 is 8.42 Å². The van der Waals surface area contributed by atoms with Crippen molar-refractivity contribution in [3.63, 3.8) is 0 Å². The molecule has 0 aliphatic heterocycles. The van der Waals surface area contributed by atoms with Crippen LogP contribution in [0.1, 0.15) is 16.0 Å². The molecular weight excluding hydrogens is 292 g/mol. The van der Waals surface area contributed by atoms with E-state index in [1.54, 1.807) is 19.1 Å².